The van der Waals surface area contributed by atoms with Crippen molar-refractivity contribution in [2.24, 2.45) is 0 Å². The Kier molecular flexibility index (Phi) is 6.06. The van der Waals surface area contributed by atoms with Gasteiger partial charge in [-0.1, -0.05) is 17.8 Å². The third-order valence-corrected chi connectivity index (χ3v) is 5.29. The number of hydrogen-bond donors (Lipinski definition) is 1. The van der Waals surface area contributed by atoms with Crippen molar-refractivity contribution < 1.29 is 9.59 Å². The van der Waals surface area contributed by atoms with Crippen LogP contribution in [0, 0.1) is 0 Å². The molecule has 0 atom stereocenters. The average molecular weight is 390 g/mol. The van der Waals surface area contributed by atoms with Gasteiger partial charge < -0.3 is 10.2 Å². The maximum absolute atomic E-state index is 12.5. The number of nitrogens with one attached hydrogen (secondary N) is 1. The Balaban J connectivity index is 1.44. The number of aromatic nitrogens is 2. The lowest BCUT2D eigenvalue weighted by Crippen LogP contribution is -2.53. The van der Waals surface area contributed by atoms with Crippen molar-refractivity contribution in [3.63, 3.8) is 0 Å². The molecule has 3 rings (SSSR count). The summed E-state index contributed by atoms with van der Waals surface area (Å²) in [7, 11) is 0. The zero-order valence-corrected chi connectivity index (χ0v) is 17.0. The minimum Gasteiger partial charge on any atom is -0.350 e. The zero-order valence-electron chi connectivity index (χ0n) is 16.1. The molecule has 8 heteroatoms. The van der Waals surface area contributed by atoms with Crippen molar-refractivity contribution in [2.75, 3.05) is 38.5 Å². The summed E-state index contributed by atoms with van der Waals surface area (Å²) >= 11 is 1.46. The van der Waals surface area contributed by atoms with E-state index >= 15 is 0 Å². The van der Waals surface area contributed by atoms with E-state index in [-0.39, 0.29) is 17.4 Å². The topological polar surface area (TPSA) is 70.0 Å². The number of pyridine rings is 1. The molecule has 1 N–H and O–H groups in total. The predicted octanol–water partition coefficient (Wildman–Crippen LogP) is 1.49. The summed E-state index contributed by atoms with van der Waals surface area (Å²) < 4.78 is 1.99. The fourth-order valence-electron chi connectivity index (χ4n) is 3.06. The fourth-order valence-corrected chi connectivity index (χ4v) is 3.93. The highest BCUT2D eigenvalue weighted by Crippen LogP contribution is 2.19. The molecule has 0 aliphatic carbocycles. The molecule has 2 aromatic rings. The third kappa shape index (κ3) is 5.46. The van der Waals surface area contributed by atoms with E-state index in [2.05, 4.69) is 15.2 Å². The molecule has 2 amide bonds. The van der Waals surface area contributed by atoms with Gasteiger partial charge in [-0.15, -0.1) is 0 Å². The summed E-state index contributed by atoms with van der Waals surface area (Å²) in [6.07, 6.45) is 3.77. The molecular formula is C19H27N5O2S. The number of carbonyl (C=O) groups is 2. The number of piperazine rings is 1. The Bertz CT molecular complexity index is 806. The highest BCUT2D eigenvalue weighted by atomic mass is 32.2. The second-order valence-electron chi connectivity index (χ2n) is 7.78. The van der Waals surface area contributed by atoms with Crippen molar-refractivity contribution >= 4 is 29.1 Å². The second kappa shape index (κ2) is 8.31. The molecule has 0 unspecified atom stereocenters. The van der Waals surface area contributed by atoms with Crippen LogP contribution in [0.25, 0.3) is 5.52 Å². The molecule has 2 aromatic heterocycles. The third-order valence-electron chi connectivity index (χ3n) is 4.34. The summed E-state index contributed by atoms with van der Waals surface area (Å²) in [4.78, 5) is 32.9. The molecule has 1 saturated heterocycles. The van der Waals surface area contributed by atoms with Crippen LogP contribution in [0.15, 0.2) is 35.7 Å². The van der Waals surface area contributed by atoms with Crippen LogP contribution in [-0.2, 0) is 9.59 Å². The van der Waals surface area contributed by atoms with Gasteiger partial charge in [-0.3, -0.25) is 18.9 Å². The SMILES string of the molecule is CC(C)(C)NC(=O)CN1CCN(C(=O)CSc2ncc3ccccn23)CC1. The van der Waals surface area contributed by atoms with Gasteiger partial charge in [0.05, 0.1) is 24.0 Å². The van der Waals surface area contributed by atoms with Gasteiger partial charge in [-0.05, 0) is 32.9 Å². The molecule has 7 nitrogen and oxygen atoms in total. The molecule has 3 heterocycles. The minimum atomic E-state index is -0.219. The predicted molar refractivity (Wildman–Crippen MR) is 107 cm³/mol. The lowest BCUT2D eigenvalue weighted by atomic mass is 10.1. The average Bonchev–Trinajstić information content (AvgIpc) is 3.02. The van der Waals surface area contributed by atoms with Crippen LogP contribution in [0.4, 0.5) is 0 Å². The quantitative estimate of drug-likeness (QED) is 0.785. The molecule has 0 spiro atoms. The maximum Gasteiger partial charge on any atom is 0.234 e. The Hall–Kier alpha value is -2.06. The minimum absolute atomic E-state index is 0.0315. The molecule has 0 radical (unpaired) electrons. The Morgan fingerprint density at radius 2 is 1.93 bits per heavy atom. The first kappa shape index (κ1) is 19.7. The number of rotatable bonds is 5. The summed E-state index contributed by atoms with van der Waals surface area (Å²) in [5, 5.41) is 3.81. The summed E-state index contributed by atoms with van der Waals surface area (Å²) in [6.45, 7) is 9.07. The van der Waals surface area contributed by atoms with Gasteiger partial charge in [-0.25, -0.2) is 4.98 Å². The molecule has 146 valence electrons. The highest BCUT2D eigenvalue weighted by molar-refractivity contribution is 7.99. The largest absolute Gasteiger partial charge is 0.350 e. The van der Waals surface area contributed by atoms with Gasteiger partial charge in [0.2, 0.25) is 11.8 Å². The van der Waals surface area contributed by atoms with E-state index in [1.54, 1.807) is 0 Å². The van der Waals surface area contributed by atoms with Crippen LogP contribution in [-0.4, -0.2) is 75.0 Å². The number of hydrogen-bond acceptors (Lipinski definition) is 5. The van der Waals surface area contributed by atoms with Crippen LogP contribution in [0.1, 0.15) is 20.8 Å². The summed E-state index contributed by atoms with van der Waals surface area (Å²) in [6, 6.07) is 5.92. The van der Waals surface area contributed by atoms with Crippen LogP contribution >= 0.6 is 11.8 Å². The number of amides is 2. The molecule has 0 saturated carbocycles. The molecule has 0 bridgehead atoms. The number of fused-ring (bicyclic) bond motifs is 1. The van der Waals surface area contributed by atoms with Crippen molar-refractivity contribution in [3.05, 3.63) is 30.6 Å². The van der Waals surface area contributed by atoms with Gasteiger partial charge in [0.15, 0.2) is 5.16 Å². The lowest BCUT2D eigenvalue weighted by molar-refractivity contribution is -0.130. The highest BCUT2D eigenvalue weighted by Gasteiger charge is 2.24. The van der Waals surface area contributed by atoms with E-state index in [1.807, 2.05) is 60.7 Å². The van der Waals surface area contributed by atoms with E-state index in [0.29, 0.717) is 25.4 Å². The van der Waals surface area contributed by atoms with Gasteiger partial charge in [0.1, 0.15) is 0 Å². The van der Waals surface area contributed by atoms with E-state index in [9.17, 15) is 9.59 Å². The van der Waals surface area contributed by atoms with Gasteiger partial charge in [-0.2, -0.15) is 0 Å². The van der Waals surface area contributed by atoms with Crippen molar-refractivity contribution in [1.29, 1.82) is 0 Å². The monoisotopic (exact) mass is 389 g/mol. The molecule has 1 aliphatic rings. The smallest absolute Gasteiger partial charge is 0.234 e. The molecule has 1 aliphatic heterocycles. The molecular weight excluding hydrogens is 362 g/mol. The van der Waals surface area contributed by atoms with Crippen LogP contribution in [0.2, 0.25) is 0 Å². The van der Waals surface area contributed by atoms with Gasteiger partial charge >= 0.3 is 0 Å². The molecule has 0 aromatic carbocycles. The van der Waals surface area contributed by atoms with Gasteiger partial charge in [0, 0.05) is 37.9 Å². The summed E-state index contributed by atoms with van der Waals surface area (Å²) in [5.74, 6) is 0.522. The summed E-state index contributed by atoms with van der Waals surface area (Å²) in [5.41, 5.74) is 0.804. The zero-order chi connectivity index (χ0) is 19.4. The van der Waals surface area contributed by atoms with E-state index in [1.165, 1.54) is 11.8 Å². The molecule has 27 heavy (non-hydrogen) atoms. The normalized spacial score (nSPS) is 15.9. The van der Waals surface area contributed by atoms with E-state index < -0.39 is 0 Å². The van der Waals surface area contributed by atoms with Crippen molar-refractivity contribution in [3.8, 4) is 0 Å². The van der Waals surface area contributed by atoms with Crippen LogP contribution < -0.4 is 5.32 Å². The maximum atomic E-state index is 12.5. The van der Waals surface area contributed by atoms with E-state index in [0.717, 1.165) is 23.8 Å². The number of imidazole rings is 1. The van der Waals surface area contributed by atoms with Crippen LogP contribution in [0.5, 0.6) is 0 Å². The van der Waals surface area contributed by atoms with E-state index in [4.69, 9.17) is 0 Å². The standard InChI is InChI=1S/C19H27N5O2S/c1-19(2,3)21-16(25)13-22-8-10-23(11-9-22)17(26)14-27-18-20-12-15-6-4-5-7-24(15)18/h4-7,12H,8-11,13-14H2,1-3H3,(H,21,25). The fraction of sp³-hybridized carbons (Fsp3) is 0.526. The van der Waals surface area contributed by atoms with Crippen molar-refractivity contribution in [1.82, 2.24) is 24.5 Å². The first-order chi connectivity index (χ1) is 12.8. The first-order valence-corrected chi connectivity index (χ1v) is 10.2. The van der Waals surface area contributed by atoms with Gasteiger partial charge in [0.25, 0.3) is 0 Å². The number of nitrogens with zero attached hydrogens (tertiary/aromatic N) is 4. The Morgan fingerprint density at radius 3 is 2.63 bits per heavy atom. The van der Waals surface area contributed by atoms with Crippen LogP contribution in [0.3, 0.4) is 0 Å². The number of carbonyl (C=O) groups excluding carboxylic acids is 2. The lowest BCUT2D eigenvalue weighted by Gasteiger charge is -2.34. The first-order valence-electron chi connectivity index (χ1n) is 9.18. The molecule has 1 fully saturated rings. The van der Waals surface area contributed by atoms with Crippen molar-refractivity contribution in [2.45, 2.75) is 31.5 Å². The second-order valence-corrected chi connectivity index (χ2v) is 8.72. The Labute approximate surface area is 164 Å². The number of thioether (sulfide) groups is 1. The Morgan fingerprint density at radius 1 is 1.19 bits per heavy atom.